The summed E-state index contributed by atoms with van der Waals surface area (Å²) in [6.45, 7) is 4.53. The summed E-state index contributed by atoms with van der Waals surface area (Å²) >= 11 is 0. The molecule has 5 nitrogen and oxygen atoms in total. The minimum absolute atomic E-state index is 0.00864. The fourth-order valence-corrected chi connectivity index (χ4v) is 2.50. The normalized spacial score (nSPS) is 18.7. The van der Waals surface area contributed by atoms with E-state index in [2.05, 4.69) is 10.6 Å². The maximum Gasteiger partial charge on any atom is 0.224 e. The highest BCUT2D eigenvalue weighted by Crippen LogP contribution is 2.18. The number of nitrogens with one attached hydrogen (secondary N) is 2. The van der Waals surface area contributed by atoms with E-state index in [4.69, 9.17) is 4.74 Å². The Balaban J connectivity index is 1.84. The summed E-state index contributed by atoms with van der Waals surface area (Å²) in [4.78, 5) is 23.3. The van der Waals surface area contributed by atoms with Gasteiger partial charge in [0.2, 0.25) is 11.8 Å². The molecule has 5 heteroatoms. The second-order valence-corrected chi connectivity index (χ2v) is 5.65. The summed E-state index contributed by atoms with van der Waals surface area (Å²) in [6.07, 6.45) is 2.96. The molecule has 1 saturated heterocycles. The van der Waals surface area contributed by atoms with Gasteiger partial charge in [-0.2, -0.15) is 0 Å². The van der Waals surface area contributed by atoms with E-state index >= 15 is 0 Å². The fraction of sp³-hybridized carbons (Fsp3) is 0.529. The van der Waals surface area contributed by atoms with Crippen molar-refractivity contribution in [2.45, 2.75) is 51.7 Å². The number of hydrogen-bond acceptors (Lipinski definition) is 3. The summed E-state index contributed by atoms with van der Waals surface area (Å²) in [7, 11) is 0. The van der Waals surface area contributed by atoms with Gasteiger partial charge in [-0.25, -0.2) is 0 Å². The standard InChI is InChI=1S/C17H24N2O3/c1-3-16(20)19-14-8-6-13(7-9-14)12(2)18-17(21)11-15-5-4-10-22-15/h6-9,12,15H,3-5,10-11H2,1-2H3,(H,18,21)(H,19,20). The number of amides is 2. The maximum atomic E-state index is 12.0. The van der Waals surface area contributed by atoms with Crippen molar-refractivity contribution in [1.29, 1.82) is 0 Å². The lowest BCUT2D eigenvalue weighted by atomic mass is 10.1. The van der Waals surface area contributed by atoms with E-state index in [1.807, 2.05) is 38.1 Å². The molecule has 0 spiro atoms. The van der Waals surface area contributed by atoms with Crippen LogP contribution < -0.4 is 10.6 Å². The Hall–Kier alpha value is -1.88. The molecule has 1 aliphatic rings. The van der Waals surface area contributed by atoms with Crippen LogP contribution in [0.25, 0.3) is 0 Å². The highest BCUT2D eigenvalue weighted by molar-refractivity contribution is 5.90. The highest BCUT2D eigenvalue weighted by atomic mass is 16.5. The molecule has 2 amide bonds. The van der Waals surface area contributed by atoms with Crippen LogP contribution >= 0.6 is 0 Å². The monoisotopic (exact) mass is 304 g/mol. The van der Waals surface area contributed by atoms with Crippen LogP contribution in [0.15, 0.2) is 24.3 Å². The van der Waals surface area contributed by atoms with Crippen molar-refractivity contribution in [1.82, 2.24) is 5.32 Å². The van der Waals surface area contributed by atoms with Crippen LogP contribution in [0.5, 0.6) is 0 Å². The van der Waals surface area contributed by atoms with E-state index in [1.165, 1.54) is 0 Å². The van der Waals surface area contributed by atoms with Gasteiger partial charge in [-0.05, 0) is 37.5 Å². The Morgan fingerprint density at radius 2 is 2.00 bits per heavy atom. The van der Waals surface area contributed by atoms with Gasteiger partial charge in [-0.3, -0.25) is 9.59 Å². The molecule has 2 N–H and O–H groups in total. The van der Waals surface area contributed by atoms with E-state index in [1.54, 1.807) is 0 Å². The van der Waals surface area contributed by atoms with Gasteiger partial charge >= 0.3 is 0 Å². The number of hydrogen-bond donors (Lipinski definition) is 2. The van der Waals surface area contributed by atoms with Crippen LogP contribution in [-0.2, 0) is 14.3 Å². The predicted octanol–water partition coefficient (Wildman–Crippen LogP) is 2.78. The van der Waals surface area contributed by atoms with Crippen molar-refractivity contribution in [3.05, 3.63) is 29.8 Å². The summed E-state index contributed by atoms with van der Waals surface area (Å²) in [5.41, 5.74) is 1.78. The lowest BCUT2D eigenvalue weighted by molar-refractivity contribution is -0.124. The topological polar surface area (TPSA) is 67.4 Å². The van der Waals surface area contributed by atoms with Gasteiger partial charge in [0.1, 0.15) is 0 Å². The fourth-order valence-electron chi connectivity index (χ4n) is 2.50. The van der Waals surface area contributed by atoms with Crippen molar-refractivity contribution in [3.8, 4) is 0 Å². The Morgan fingerprint density at radius 1 is 1.27 bits per heavy atom. The van der Waals surface area contributed by atoms with Crippen LogP contribution in [0.2, 0.25) is 0 Å². The second kappa shape index (κ2) is 7.94. The zero-order valence-corrected chi connectivity index (χ0v) is 13.2. The number of anilines is 1. The van der Waals surface area contributed by atoms with Crippen molar-refractivity contribution < 1.29 is 14.3 Å². The van der Waals surface area contributed by atoms with Crippen molar-refractivity contribution >= 4 is 17.5 Å². The molecule has 0 saturated carbocycles. The van der Waals surface area contributed by atoms with Crippen LogP contribution in [0, 0.1) is 0 Å². The lowest BCUT2D eigenvalue weighted by Gasteiger charge is -2.16. The van der Waals surface area contributed by atoms with Crippen LogP contribution in [0.1, 0.15) is 51.1 Å². The second-order valence-electron chi connectivity index (χ2n) is 5.65. The first-order valence-electron chi connectivity index (χ1n) is 7.89. The van der Waals surface area contributed by atoms with E-state index in [0.29, 0.717) is 12.8 Å². The molecule has 1 heterocycles. The van der Waals surface area contributed by atoms with Gasteiger partial charge in [0, 0.05) is 18.7 Å². The maximum absolute atomic E-state index is 12.0. The first-order chi connectivity index (χ1) is 10.6. The summed E-state index contributed by atoms with van der Waals surface area (Å²) < 4.78 is 5.47. The average molecular weight is 304 g/mol. The Bertz CT molecular complexity index is 507. The zero-order chi connectivity index (χ0) is 15.9. The third kappa shape index (κ3) is 4.84. The van der Waals surface area contributed by atoms with Crippen LogP contribution in [0.3, 0.4) is 0 Å². The molecule has 2 unspecified atom stereocenters. The molecule has 1 aromatic rings. The smallest absolute Gasteiger partial charge is 0.224 e. The number of rotatable bonds is 6. The first-order valence-corrected chi connectivity index (χ1v) is 7.89. The molecule has 1 aliphatic heterocycles. The molecule has 1 aromatic carbocycles. The molecule has 2 rings (SSSR count). The summed E-state index contributed by atoms with van der Waals surface area (Å²) in [5.74, 6) is 0.00780. The molecule has 2 atom stereocenters. The SMILES string of the molecule is CCC(=O)Nc1ccc(C(C)NC(=O)CC2CCCO2)cc1. The number of carbonyl (C=O) groups excluding carboxylic acids is 2. The van der Waals surface area contributed by atoms with Gasteiger partial charge in [-0.1, -0.05) is 19.1 Å². The van der Waals surface area contributed by atoms with Gasteiger partial charge in [0.05, 0.1) is 18.6 Å². The van der Waals surface area contributed by atoms with E-state index < -0.39 is 0 Å². The molecular weight excluding hydrogens is 280 g/mol. The zero-order valence-electron chi connectivity index (χ0n) is 13.2. The minimum atomic E-state index is -0.0650. The van der Waals surface area contributed by atoms with Crippen LogP contribution in [0.4, 0.5) is 5.69 Å². The third-order valence-corrected chi connectivity index (χ3v) is 3.83. The van der Waals surface area contributed by atoms with Gasteiger partial charge in [0.15, 0.2) is 0 Å². The number of benzene rings is 1. The van der Waals surface area contributed by atoms with Crippen molar-refractivity contribution in [3.63, 3.8) is 0 Å². The van der Waals surface area contributed by atoms with Gasteiger partial charge in [-0.15, -0.1) is 0 Å². The molecule has 0 radical (unpaired) electrons. The van der Waals surface area contributed by atoms with Gasteiger partial charge in [0.25, 0.3) is 0 Å². The summed E-state index contributed by atoms with van der Waals surface area (Å²) in [5, 5.41) is 5.79. The first kappa shape index (κ1) is 16.5. The van der Waals surface area contributed by atoms with Crippen molar-refractivity contribution in [2.24, 2.45) is 0 Å². The molecule has 22 heavy (non-hydrogen) atoms. The number of carbonyl (C=O) groups is 2. The van der Waals surface area contributed by atoms with Gasteiger partial charge < -0.3 is 15.4 Å². The minimum Gasteiger partial charge on any atom is -0.378 e. The third-order valence-electron chi connectivity index (χ3n) is 3.83. The molecule has 0 aromatic heterocycles. The largest absolute Gasteiger partial charge is 0.378 e. The molecule has 120 valence electrons. The Kier molecular flexibility index (Phi) is 5.95. The number of ether oxygens (including phenoxy) is 1. The van der Waals surface area contributed by atoms with E-state index in [0.717, 1.165) is 30.7 Å². The molecule has 0 aliphatic carbocycles. The summed E-state index contributed by atoms with van der Waals surface area (Å²) in [6, 6.07) is 7.48. The van der Waals surface area contributed by atoms with E-state index in [-0.39, 0.29) is 24.0 Å². The quantitative estimate of drug-likeness (QED) is 0.849. The average Bonchev–Trinajstić information content (AvgIpc) is 3.00. The molecular formula is C17H24N2O3. The molecule has 1 fully saturated rings. The van der Waals surface area contributed by atoms with Crippen molar-refractivity contribution in [2.75, 3.05) is 11.9 Å². The predicted molar refractivity (Wildman–Crippen MR) is 85.5 cm³/mol. The Labute approximate surface area is 131 Å². The Morgan fingerprint density at radius 3 is 2.59 bits per heavy atom. The van der Waals surface area contributed by atoms with E-state index in [9.17, 15) is 9.59 Å². The lowest BCUT2D eigenvalue weighted by Crippen LogP contribution is -2.29. The highest BCUT2D eigenvalue weighted by Gasteiger charge is 2.20. The molecule has 0 bridgehead atoms. The van der Waals surface area contributed by atoms with Crippen LogP contribution in [-0.4, -0.2) is 24.5 Å².